The summed E-state index contributed by atoms with van der Waals surface area (Å²) in [7, 11) is 0. The lowest BCUT2D eigenvalue weighted by Gasteiger charge is -2.21. The van der Waals surface area contributed by atoms with Gasteiger partial charge in [0.05, 0.1) is 73.9 Å². The highest BCUT2D eigenvalue weighted by molar-refractivity contribution is 6.12. The Hall–Kier alpha value is -8.89. The minimum Gasteiger partial charge on any atom is -0.308 e. The number of aromatic nitrogens is 2. The fourth-order valence-corrected chi connectivity index (χ4v) is 8.63. The predicted octanol–water partition coefficient (Wildman–Crippen LogP) is 13.4. The summed E-state index contributed by atoms with van der Waals surface area (Å²) >= 11 is 0. The topological polar surface area (TPSA) is 105 Å². The smallest absolute Gasteiger partial charge is 0.308 e. The molecule has 0 aliphatic rings. The third-order valence-corrected chi connectivity index (χ3v) is 11.5. The molecule has 0 saturated carbocycles. The van der Waals surface area contributed by atoms with Crippen molar-refractivity contribution < 1.29 is 13.2 Å². The molecule has 0 bridgehead atoms. The number of nitriles is 4. The Morgan fingerprint density at radius 2 is 0.871 bits per heavy atom. The van der Waals surface area contributed by atoms with E-state index in [0.29, 0.717) is 39.1 Å². The Bertz CT molecular complexity index is 3660. The highest BCUT2D eigenvalue weighted by Crippen LogP contribution is 2.44. The maximum absolute atomic E-state index is 14.5. The first-order valence-corrected chi connectivity index (χ1v) is 19.5. The van der Waals surface area contributed by atoms with E-state index < -0.39 is 11.7 Å². The van der Waals surface area contributed by atoms with E-state index >= 15 is 0 Å². The van der Waals surface area contributed by atoms with Crippen LogP contribution in [0.3, 0.4) is 0 Å². The van der Waals surface area contributed by atoms with Crippen molar-refractivity contribution in [3.05, 3.63) is 192 Å². The van der Waals surface area contributed by atoms with Gasteiger partial charge >= 0.3 is 6.18 Å². The lowest BCUT2D eigenvalue weighted by Crippen LogP contribution is -2.08. The molecule has 0 N–H and O–H groups in total. The quantitative estimate of drug-likeness (QED) is 0.173. The van der Waals surface area contributed by atoms with Gasteiger partial charge in [0.1, 0.15) is 11.6 Å². The molecule has 8 aromatic carbocycles. The van der Waals surface area contributed by atoms with Crippen LogP contribution in [-0.4, -0.2) is 9.13 Å². The van der Waals surface area contributed by atoms with Crippen LogP contribution in [0.5, 0.6) is 0 Å². The van der Waals surface area contributed by atoms with E-state index in [4.69, 9.17) is 0 Å². The molecular formula is C53H27F3N6. The minimum absolute atomic E-state index is 0.119. The summed E-state index contributed by atoms with van der Waals surface area (Å²) in [5.74, 6) is 0. The molecule has 62 heavy (non-hydrogen) atoms. The van der Waals surface area contributed by atoms with Crippen LogP contribution < -0.4 is 0 Å². The lowest BCUT2D eigenvalue weighted by atomic mass is 9.95. The molecule has 10 rings (SSSR count). The molecule has 0 aliphatic heterocycles. The molecule has 0 radical (unpaired) electrons. The number of rotatable bonds is 5. The second-order valence-electron chi connectivity index (χ2n) is 14.9. The minimum atomic E-state index is -4.75. The third kappa shape index (κ3) is 6.01. The lowest BCUT2D eigenvalue weighted by molar-refractivity contribution is -0.137. The number of para-hydroxylation sites is 2. The molecule has 0 unspecified atom stereocenters. The van der Waals surface area contributed by atoms with E-state index in [9.17, 15) is 34.2 Å². The van der Waals surface area contributed by atoms with Crippen LogP contribution in [0.1, 0.15) is 27.8 Å². The monoisotopic (exact) mass is 804 g/mol. The zero-order chi connectivity index (χ0) is 42.7. The Morgan fingerprint density at radius 1 is 0.387 bits per heavy atom. The summed E-state index contributed by atoms with van der Waals surface area (Å²) in [5.41, 5.74) is 7.80. The molecule has 0 amide bonds. The van der Waals surface area contributed by atoms with Crippen LogP contribution in [0.15, 0.2) is 164 Å². The molecule has 0 spiro atoms. The maximum atomic E-state index is 14.5. The molecule has 6 nitrogen and oxygen atoms in total. The van der Waals surface area contributed by atoms with Crippen LogP contribution in [-0.2, 0) is 6.18 Å². The van der Waals surface area contributed by atoms with Gasteiger partial charge in [-0.2, -0.15) is 34.2 Å². The first-order valence-electron chi connectivity index (χ1n) is 19.5. The van der Waals surface area contributed by atoms with E-state index in [1.807, 2.05) is 124 Å². The number of hydrogen-bond acceptors (Lipinski definition) is 4. The van der Waals surface area contributed by atoms with Crippen molar-refractivity contribution >= 4 is 43.6 Å². The van der Waals surface area contributed by atoms with Crippen LogP contribution in [0.25, 0.3) is 88.4 Å². The molecule has 9 heteroatoms. The Labute approximate surface area is 352 Å². The van der Waals surface area contributed by atoms with Crippen LogP contribution in [0.4, 0.5) is 13.2 Å². The van der Waals surface area contributed by atoms with E-state index in [1.54, 1.807) is 36.4 Å². The van der Waals surface area contributed by atoms with Crippen LogP contribution in [0, 0.1) is 45.3 Å². The van der Waals surface area contributed by atoms with E-state index in [1.165, 1.54) is 6.07 Å². The standard InChI is InChI=1S/C53H27F3N6/c54-53(55,56)40-24-34(30-59)23-39(25-40)41-21-22-49(61-47-7-3-1-5-42(47)44-19-17-37(26-50(44)61)35-13-9-32(28-57)10-14-35)46(31-60)52(41)62-48-8-4-2-6-43(48)45-20-18-38(27-51(45)62)36-15-11-33(29-58)12-16-36/h1-27H. The van der Waals surface area contributed by atoms with Gasteiger partial charge in [0.15, 0.2) is 0 Å². The summed E-state index contributed by atoms with van der Waals surface area (Å²) in [5, 5.41) is 44.0. The van der Waals surface area contributed by atoms with Crippen molar-refractivity contribution in [1.29, 1.82) is 21.0 Å². The van der Waals surface area contributed by atoms with Gasteiger partial charge in [-0.25, -0.2) is 0 Å². The van der Waals surface area contributed by atoms with E-state index in [0.717, 1.165) is 67.0 Å². The summed E-state index contributed by atoms with van der Waals surface area (Å²) in [6.45, 7) is 0. The van der Waals surface area contributed by atoms with Crippen LogP contribution >= 0.6 is 0 Å². The molecule has 290 valence electrons. The molecule has 0 fully saturated rings. The van der Waals surface area contributed by atoms with Gasteiger partial charge in [-0.3, -0.25) is 0 Å². The third-order valence-electron chi connectivity index (χ3n) is 11.5. The SMILES string of the molecule is N#Cc1ccc(-c2ccc3c4ccccc4n(-c4ccc(-c5cc(C#N)cc(C(F)(F)F)c5)c(-n5c6ccccc6c6ccc(-c7ccc(C#N)cc7)cc65)c4C#N)c3c2)cc1. The number of benzene rings is 8. The number of hydrogen-bond donors (Lipinski definition) is 0. The van der Waals surface area contributed by atoms with E-state index in [-0.39, 0.29) is 16.7 Å². The highest BCUT2D eigenvalue weighted by atomic mass is 19.4. The van der Waals surface area contributed by atoms with Gasteiger partial charge in [0.2, 0.25) is 0 Å². The van der Waals surface area contributed by atoms with Gasteiger partial charge in [-0.15, -0.1) is 0 Å². The number of fused-ring (bicyclic) bond motifs is 6. The largest absolute Gasteiger partial charge is 0.416 e. The van der Waals surface area contributed by atoms with Crippen molar-refractivity contribution in [2.24, 2.45) is 0 Å². The molecule has 2 aromatic heterocycles. The van der Waals surface area contributed by atoms with Gasteiger partial charge in [-0.1, -0.05) is 91.0 Å². The first kappa shape index (κ1) is 37.4. The summed E-state index contributed by atoms with van der Waals surface area (Å²) < 4.78 is 47.5. The van der Waals surface area contributed by atoms with Crippen molar-refractivity contribution in [1.82, 2.24) is 9.13 Å². The number of halogens is 3. The van der Waals surface area contributed by atoms with Crippen molar-refractivity contribution in [3.8, 4) is 69.0 Å². The van der Waals surface area contributed by atoms with Crippen LogP contribution in [0.2, 0.25) is 0 Å². The second-order valence-corrected chi connectivity index (χ2v) is 14.9. The Balaban J connectivity index is 1.34. The summed E-state index contributed by atoms with van der Waals surface area (Å²) in [6.07, 6.45) is -4.75. The average Bonchev–Trinajstić information content (AvgIpc) is 3.82. The average molecular weight is 805 g/mol. The zero-order valence-electron chi connectivity index (χ0n) is 32.4. The molecule has 2 heterocycles. The molecular weight excluding hydrogens is 778 g/mol. The van der Waals surface area contributed by atoms with Gasteiger partial charge < -0.3 is 9.13 Å². The predicted molar refractivity (Wildman–Crippen MR) is 235 cm³/mol. The van der Waals surface area contributed by atoms with Gasteiger partial charge in [0, 0.05) is 27.1 Å². The summed E-state index contributed by atoms with van der Waals surface area (Å²) in [6, 6.07) is 57.6. The van der Waals surface area contributed by atoms with Gasteiger partial charge in [0.25, 0.3) is 0 Å². The van der Waals surface area contributed by atoms with Gasteiger partial charge in [-0.05, 0) is 101 Å². The Kier molecular flexibility index (Phi) is 8.70. The maximum Gasteiger partial charge on any atom is 0.416 e. The highest BCUT2D eigenvalue weighted by Gasteiger charge is 2.32. The molecule has 0 atom stereocenters. The van der Waals surface area contributed by atoms with Crippen molar-refractivity contribution in [3.63, 3.8) is 0 Å². The second kappa shape index (κ2) is 14.4. The fourth-order valence-electron chi connectivity index (χ4n) is 8.63. The molecule has 0 aliphatic carbocycles. The number of nitrogens with zero attached hydrogens (tertiary/aromatic N) is 6. The summed E-state index contributed by atoms with van der Waals surface area (Å²) in [4.78, 5) is 0. The fraction of sp³-hybridized carbons (Fsp3) is 0.0189. The Morgan fingerprint density at radius 3 is 1.39 bits per heavy atom. The molecule has 10 aromatic rings. The normalized spacial score (nSPS) is 11.4. The number of alkyl halides is 3. The zero-order valence-corrected chi connectivity index (χ0v) is 32.4. The van der Waals surface area contributed by atoms with E-state index in [2.05, 4.69) is 18.2 Å². The molecule has 0 saturated heterocycles. The van der Waals surface area contributed by atoms with Crippen molar-refractivity contribution in [2.75, 3.05) is 0 Å². The first-order chi connectivity index (χ1) is 30.2. The van der Waals surface area contributed by atoms with Crippen molar-refractivity contribution in [2.45, 2.75) is 6.18 Å².